The van der Waals surface area contributed by atoms with Gasteiger partial charge in [0, 0.05) is 57.6 Å². The molecule has 0 aromatic carbocycles. The lowest BCUT2D eigenvalue weighted by molar-refractivity contribution is -0.135. The van der Waals surface area contributed by atoms with E-state index in [1.807, 2.05) is 13.8 Å². The van der Waals surface area contributed by atoms with Gasteiger partial charge in [0.25, 0.3) is 0 Å². The first-order chi connectivity index (χ1) is 14.0. The number of aliphatic hydroxyl groups excluding tert-OH is 1. The van der Waals surface area contributed by atoms with Gasteiger partial charge in [-0.25, -0.2) is 9.36 Å². The van der Waals surface area contributed by atoms with Gasteiger partial charge in [0.15, 0.2) is 5.82 Å². The quantitative estimate of drug-likeness (QED) is 0.533. The minimum Gasteiger partial charge on any atom is -0.387 e. The number of carbonyl (C=O) groups excluding carboxylic acids is 2. The Kier molecular flexibility index (Phi) is 6.77. The van der Waals surface area contributed by atoms with E-state index < -0.39 is 6.61 Å². The van der Waals surface area contributed by atoms with Crippen molar-refractivity contribution >= 4 is 17.9 Å². The number of piperazine rings is 1. The second-order valence-electron chi connectivity index (χ2n) is 7.05. The van der Waals surface area contributed by atoms with Crippen LogP contribution in [-0.4, -0.2) is 103 Å². The molecule has 3 N–H and O–H groups in total. The molecule has 158 valence electrons. The molecular formula is C17H27N9O3. The van der Waals surface area contributed by atoms with E-state index in [-0.39, 0.29) is 18.0 Å². The summed E-state index contributed by atoms with van der Waals surface area (Å²) in [5.41, 5.74) is 0. The zero-order chi connectivity index (χ0) is 20.8. The number of aromatic nitrogens is 5. The van der Waals surface area contributed by atoms with Crippen LogP contribution in [0.15, 0.2) is 18.6 Å². The first kappa shape index (κ1) is 20.7. The highest BCUT2D eigenvalue weighted by Crippen LogP contribution is 2.11. The lowest BCUT2D eigenvalue weighted by Crippen LogP contribution is -2.50. The van der Waals surface area contributed by atoms with Crippen molar-refractivity contribution in [1.82, 2.24) is 39.7 Å². The Hall–Kier alpha value is -2.99. The number of carbonyl (C=O) groups is 2. The predicted molar refractivity (Wildman–Crippen MR) is 105 cm³/mol. The van der Waals surface area contributed by atoms with Crippen molar-refractivity contribution in [3.8, 4) is 5.82 Å². The fourth-order valence-corrected chi connectivity index (χ4v) is 3.04. The molecule has 2 aromatic rings. The van der Waals surface area contributed by atoms with Crippen LogP contribution in [0.5, 0.6) is 0 Å². The van der Waals surface area contributed by atoms with Crippen molar-refractivity contribution < 1.29 is 14.7 Å². The minimum atomic E-state index is -0.438. The van der Waals surface area contributed by atoms with Crippen molar-refractivity contribution in [3.05, 3.63) is 18.6 Å². The summed E-state index contributed by atoms with van der Waals surface area (Å²) in [4.78, 5) is 27.5. The van der Waals surface area contributed by atoms with Gasteiger partial charge < -0.3 is 20.6 Å². The summed E-state index contributed by atoms with van der Waals surface area (Å²) in [7, 11) is 0. The molecule has 12 nitrogen and oxygen atoms in total. The Morgan fingerprint density at radius 3 is 2.69 bits per heavy atom. The highest BCUT2D eigenvalue weighted by molar-refractivity contribution is 5.77. The van der Waals surface area contributed by atoms with Gasteiger partial charge >= 0.3 is 6.03 Å². The second kappa shape index (κ2) is 9.47. The molecule has 0 aliphatic carbocycles. The summed E-state index contributed by atoms with van der Waals surface area (Å²) in [5.74, 6) is 0.846. The first-order valence-corrected chi connectivity index (χ1v) is 9.59. The van der Waals surface area contributed by atoms with Crippen LogP contribution in [0.25, 0.3) is 5.82 Å². The van der Waals surface area contributed by atoms with Crippen molar-refractivity contribution in [2.45, 2.75) is 19.9 Å². The van der Waals surface area contributed by atoms with Crippen LogP contribution in [0.3, 0.4) is 0 Å². The summed E-state index contributed by atoms with van der Waals surface area (Å²) in [6, 6.07) is 1.44. The molecular weight excluding hydrogens is 378 g/mol. The van der Waals surface area contributed by atoms with Gasteiger partial charge in [-0.1, -0.05) is 0 Å². The minimum absolute atomic E-state index is 0.0194. The third-order valence-corrected chi connectivity index (χ3v) is 4.56. The SMILES string of the molecule is CC(C)NC(=O)n1ccc(-n2cnnc2NCCN2CCN(C(=O)CO)CC2)n1. The Morgan fingerprint density at radius 2 is 2.00 bits per heavy atom. The maximum Gasteiger partial charge on any atom is 0.342 e. The number of hydrogen-bond donors (Lipinski definition) is 3. The number of hydrogen-bond acceptors (Lipinski definition) is 8. The molecule has 0 radical (unpaired) electrons. The molecule has 12 heteroatoms. The van der Waals surface area contributed by atoms with Crippen LogP contribution < -0.4 is 10.6 Å². The van der Waals surface area contributed by atoms with Crippen molar-refractivity contribution in [3.63, 3.8) is 0 Å². The Balaban J connectivity index is 1.51. The number of nitrogens with one attached hydrogen (secondary N) is 2. The molecule has 1 aliphatic rings. The standard InChI is InChI=1S/C17H27N9O3/c1-13(2)20-17(29)26-5-3-14(22-26)25-12-19-21-16(25)18-4-6-23-7-9-24(10-8-23)15(28)11-27/h3,5,12-13,27H,4,6-11H2,1-2H3,(H,18,21)(H,20,29). The average molecular weight is 405 g/mol. The van der Waals surface area contributed by atoms with Gasteiger partial charge in [0.05, 0.1) is 0 Å². The lowest BCUT2D eigenvalue weighted by atomic mass is 10.3. The van der Waals surface area contributed by atoms with E-state index >= 15 is 0 Å². The molecule has 0 saturated carbocycles. The number of aliphatic hydroxyl groups is 1. The molecule has 1 fully saturated rings. The Bertz CT molecular complexity index is 824. The van der Waals surface area contributed by atoms with E-state index in [4.69, 9.17) is 5.11 Å². The normalized spacial score (nSPS) is 15.0. The third-order valence-electron chi connectivity index (χ3n) is 4.56. The van der Waals surface area contributed by atoms with E-state index in [0.717, 1.165) is 19.6 Å². The van der Waals surface area contributed by atoms with Crippen LogP contribution in [0.4, 0.5) is 10.7 Å². The van der Waals surface area contributed by atoms with E-state index in [1.165, 1.54) is 11.0 Å². The van der Waals surface area contributed by atoms with Crippen molar-refractivity contribution in [1.29, 1.82) is 0 Å². The highest BCUT2D eigenvalue weighted by Gasteiger charge is 2.20. The average Bonchev–Trinajstić information content (AvgIpc) is 3.36. The molecule has 0 spiro atoms. The van der Waals surface area contributed by atoms with Crippen molar-refractivity contribution in [2.75, 3.05) is 51.2 Å². The topological polar surface area (TPSA) is 133 Å². The van der Waals surface area contributed by atoms with Gasteiger partial charge in [-0.15, -0.1) is 15.3 Å². The van der Waals surface area contributed by atoms with E-state index in [0.29, 0.717) is 31.4 Å². The second-order valence-corrected chi connectivity index (χ2v) is 7.05. The zero-order valence-electron chi connectivity index (χ0n) is 16.7. The van der Waals surface area contributed by atoms with Gasteiger partial charge in [-0.05, 0) is 13.8 Å². The third kappa shape index (κ3) is 5.29. The number of nitrogens with zero attached hydrogens (tertiary/aromatic N) is 7. The summed E-state index contributed by atoms with van der Waals surface area (Å²) >= 11 is 0. The molecule has 3 rings (SSSR count). The monoisotopic (exact) mass is 405 g/mol. The smallest absolute Gasteiger partial charge is 0.342 e. The van der Waals surface area contributed by atoms with Crippen LogP contribution in [0, 0.1) is 0 Å². The van der Waals surface area contributed by atoms with Crippen LogP contribution in [0.1, 0.15) is 13.8 Å². The van der Waals surface area contributed by atoms with Crippen LogP contribution in [0.2, 0.25) is 0 Å². The largest absolute Gasteiger partial charge is 0.387 e. The molecule has 1 aliphatic heterocycles. The molecule has 2 amide bonds. The highest BCUT2D eigenvalue weighted by atomic mass is 16.3. The van der Waals surface area contributed by atoms with Gasteiger partial charge in [0.2, 0.25) is 11.9 Å². The lowest BCUT2D eigenvalue weighted by Gasteiger charge is -2.34. The Morgan fingerprint density at radius 1 is 1.24 bits per heavy atom. The first-order valence-electron chi connectivity index (χ1n) is 9.59. The molecule has 0 unspecified atom stereocenters. The molecule has 29 heavy (non-hydrogen) atoms. The fourth-order valence-electron chi connectivity index (χ4n) is 3.04. The molecule has 0 atom stereocenters. The maximum absolute atomic E-state index is 12.0. The van der Waals surface area contributed by atoms with Gasteiger partial charge in [-0.3, -0.25) is 9.69 Å². The molecule has 2 aromatic heterocycles. The predicted octanol–water partition coefficient (Wildman–Crippen LogP) is -1.02. The molecule has 1 saturated heterocycles. The number of rotatable bonds is 7. The van der Waals surface area contributed by atoms with Crippen molar-refractivity contribution in [2.24, 2.45) is 0 Å². The number of anilines is 1. The maximum atomic E-state index is 12.0. The van der Waals surface area contributed by atoms with Gasteiger partial charge in [-0.2, -0.15) is 4.68 Å². The van der Waals surface area contributed by atoms with Crippen LogP contribution >= 0.6 is 0 Å². The summed E-state index contributed by atoms with van der Waals surface area (Å²) in [5, 5.41) is 27.2. The van der Waals surface area contributed by atoms with Crippen LogP contribution in [-0.2, 0) is 4.79 Å². The van der Waals surface area contributed by atoms with E-state index in [1.54, 1.807) is 21.7 Å². The summed E-state index contributed by atoms with van der Waals surface area (Å²) in [6.45, 7) is 7.50. The molecule has 0 bridgehead atoms. The summed E-state index contributed by atoms with van der Waals surface area (Å²) < 4.78 is 2.92. The van der Waals surface area contributed by atoms with E-state index in [2.05, 4.69) is 30.8 Å². The summed E-state index contributed by atoms with van der Waals surface area (Å²) in [6.07, 6.45) is 3.12. The fraction of sp³-hybridized carbons (Fsp3) is 0.588. The van der Waals surface area contributed by atoms with Gasteiger partial charge in [0.1, 0.15) is 12.9 Å². The van der Waals surface area contributed by atoms with E-state index in [9.17, 15) is 9.59 Å². The zero-order valence-corrected chi connectivity index (χ0v) is 16.7. The Labute approximate surface area is 168 Å². The number of amides is 2. The molecule has 3 heterocycles.